The Kier molecular flexibility index (Phi) is 5.53. The molecule has 5 nitrogen and oxygen atoms in total. The number of carbonyl (C=O) groups is 1. The van der Waals surface area contributed by atoms with Gasteiger partial charge in [-0.3, -0.25) is 14.2 Å². The highest BCUT2D eigenvalue weighted by molar-refractivity contribution is 8.00. The van der Waals surface area contributed by atoms with Crippen molar-refractivity contribution in [2.45, 2.75) is 76.4 Å². The van der Waals surface area contributed by atoms with Crippen molar-refractivity contribution in [3.05, 3.63) is 20.8 Å². The van der Waals surface area contributed by atoms with Gasteiger partial charge in [0, 0.05) is 17.5 Å². The SMILES string of the molecule is CCCCn1c(SC(C)C(=O)NC2CC2)nc2sc(C)c(C)c2c1=O. The summed E-state index contributed by atoms with van der Waals surface area (Å²) in [5, 5.41) is 4.16. The van der Waals surface area contributed by atoms with Crippen LogP contribution in [0.15, 0.2) is 9.95 Å². The molecule has 0 saturated heterocycles. The summed E-state index contributed by atoms with van der Waals surface area (Å²) in [7, 11) is 0. The zero-order valence-corrected chi connectivity index (χ0v) is 16.9. The zero-order chi connectivity index (χ0) is 18.1. The molecule has 7 heteroatoms. The molecular formula is C18H25N3O2S2. The van der Waals surface area contributed by atoms with Crippen LogP contribution in [0.4, 0.5) is 0 Å². The van der Waals surface area contributed by atoms with Crippen molar-refractivity contribution in [1.29, 1.82) is 0 Å². The molecule has 0 aromatic carbocycles. The molecule has 0 radical (unpaired) electrons. The van der Waals surface area contributed by atoms with Gasteiger partial charge in [-0.05, 0) is 45.6 Å². The molecule has 1 aliphatic rings. The van der Waals surface area contributed by atoms with Gasteiger partial charge in [-0.15, -0.1) is 11.3 Å². The van der Waals surface area contributed by atoms with Gasteiger partial charge in [0.2, 0.25) is 5.91 Å². The van der Waals surface area contributed by atoms with Gasteiger partial charge in [0.15, 0.2) is 5.16 Å². The normalized spacial score (nSPS) is 15.5. The molecule has 1 aliphatic carbocycles. The maximum absolute atomic E-state index is 13.0. The molecule has 2 aromatic heterocycles. The number of carbonyl (C=O) groups excluding carboxylic acids is 1. The largest absolute Gasteiger partial charge is 0.352 e. The maximum atomic E-state index is 13.0. The fourth-order valence-corrected chi connectivity index (χ4v) is 4.68. The summed E-state index contributed by atoms with van der Waals surface area (Å²) in [5.41, 5.74) is 1.05. The van der Waals surface area contributed by atoms with Gasteiger partial charge in [-0.1, -0.05) is 25.1 Å². The Morgan fingerprint density at radius 1 is 1.44 bits per heavy atom. The standard InChI is InChI=1S/C18H25N3O2S2/c1-5-6-9-21-17(23)14-10(2)11(3)24-16(14)20-18(21)25-12(4)15(22)19-13-7-8-13/h12-13H,5-9H2,1-4H3,(H,19,22). The molecule has 1 saturated carbocycles. The van der Waals surface area contributed by atoms with Crippen LogP contribution in [-0.2, 0) is 11.3 Å². The predicted molar refractivity (Wildman–Crippen MR) is 105 cm³/mol. The van der Waals surface area contributed by atoms with E-state index in [4.69, 9.17) is 4.98 Å². The number of nitrogens with one attached hydrogen (secondary N) is 1. The van der Waals surface area contributed by atoms with Crippen LogP contribution in [0.5, 0.6) is 0 Å². The van der Waals surface area contributed by atoms with E-state index in [1.54, 1.807) is 15.9 Å². The van der Waals surface area contributed by atoms with Crippen molar-refractivity contribution in [3.63, 3.8) is 0 Å². The lowest BCUT2D eigenvalue weighted by atomic mass is 10.2. The van der Waals surface area contributed by atoms with Gasteiger partial charge in [-0.25, -0.2) is 4.98 Å². The van der Waals surface area contributed by atoms with Gasteiger partial charge >= 0.3 is 0 Å². The molecule has 1 amide bonds. The summed E-state index contributed by atoms with van der Waals surface area (Å²) in [5.74, 6) is 0.0300. The highest BCUT2D eigenvalue weighted by Gasteiger charge is 2.27. The Labute approximate surface area is 156 Å². The van der Waals surface area contributed by atoms with Crippen LogP contribution in [-0.4, -0.2) is 26.8 Å². The molecule has 1 unspecified atom stereocenters. The number of thioether (sulfide) groups is 1. The fourth-order valence-electron chi connectivity index (χ4n) is 2.67. The molecule has 0 spiro atoms. The monoisotopic (exact) mass is 379 g/mol. The van der Waals surface area contributed by atoms with E-state index in [2.05, 4.69) is 12.2 Å². The minimum Gasteiger partial charge on any atom is -0.352 e. The summed E-state index contributed by atoms with van der Waals surface area (Å²) >= 11 is 2.95. The third-order valence-corrected chi connectivity index (χ3v) is 6.76. The quantitative estimate of drug-likeness (QED) is 0.589. The van der Waals surface area contributed by atoms with E-state index in [1.807, 2.05) is 20.8 Å². The summed E-state index contributed by atoms with van der Waals surface area (Å²) in [6.07, 6.45) is 4.07. The number of fused-ring (bicyclic) bond motifs is 1. The second kappa shape index (κ2) is 7.50. The van der Waals surface area contributed by atoms with E-state index in [1.165, 1.54) is 11.8 Å². The molecule has 0 bridgehead atoms. The molecule has 1 N–H and O–H groups in total. The molecular weight excluding hydrogens is 354 g/mol. The number of hydrogen-bond acceptors (Lipinski definition) is 5. The highest BCUT2D eigenvalue weighted by Crippen LogP contribution is 2.30. The average Bonchev–Trinajstić information content (AvgIpc) is 3.32. The van der Waals surface area contributed by atoms with Crippen molar-refractivity contribution in [3.8, 4) is 0 Å². The van der Waals surface area contributed by atoms with Crippen LogP contribution in [0, 0.1) is 13.8 Å². The first-order valence-corrected chi connectivity index (χ1v) is 10.6. The number of aromatic nitrogens is 2. The third-order valence-electron chi connectivity index (χ3n) is 4.56. The molecule has 136 valence electrons. The zero-order valence-electron chi connectivity index (χ0n) is 15.2. The first-order chi connectivity index (χ1) is 11.9. The van der Waals surface area contributed by atoms with E-state index in [0.717, 1.165) is 46.3 Å². The van der Waals surface area contributed by atoms with E-state index < -0.39 is 0 Å². The third kappa shape index (κ3) is 3.92. The van der Waals surface area contributed by atoms with Crippen LogP contribution in [0.25, 0.3) is 10.2 Å². The summed E-state index contributed by atoms with van der Waals surface area (Å²) in [6.45, 7) is 8.64. The number of hydrogen-bond donors (Lipinski definition) is 1. The van der Waals surface area contributed by atoms with E-state index in [-0.39, 0.29) is 16.7 Å². The number of unbranched alkanes of at least 4 members (excludes halogenated alkanes) is 1. The summed E-state index contributed by atoms with van der Waals surface area (Å²) < 4.78 is 1.76. The Bertz CT molecular complexity index is 852. The van der Waals surface area contributed by atoms with Crippen LogP contribution in [0.1, 0.15) is 50.0 Å². The molecule has 1 atom stereocenters. The van der Waals surface area contributed by atoms with Gasteiger partial charge in [0.1, 0.15) is 4.83 Å². The molecule has 0 aliphatic heterocycles. The van der Waals surface area contributed by atoms with Crippen molar-refractivity contribution in [1.82, 2.24) is 14.9 Å². The maximum Gasteiger partial charge on any atom is 0.263 e. The highest BCUT2D eigenvalue weighted by atomic mass is 32.2. The first-order valence-electron chi connectivity index (χ1n) is 8.90. The topological polar surface area (TPSA) is 64.0 Å². The molecule has 3 rings (SSSR count). The average molecular weight is 380 g/mol. The molecule has 25 heavy (non-hydrogen) atoms. The Morgan fingerprint density at radius 3 is 2.80 bits per heavy atom. The lowest BCUT2D eigenvalue weighted by Crippen LogP contribution is -2.33. The fraction of sp³-hybridized carbons (Fsp3) is 0.611. The van der Waals surface area contributed by atoms with E-state index >= 15 is 0 Å². The Morgan fingerprint density at radius 2 is 2.16 bits per heavy atom. The number of amides is 1. The van der Waals surface area contributed by atoms with Crippen LogP contribution >= 0.6 is 23.1 Å². The minimum atomic E-state index is -0.264. The van der Waals surface area contributed by atoms with Gasteiger partial charge in [-0.2, -0.15) is 0 Å². The smallest absolute Gasteiger partial charge is 0.263 e. The number of rotatable bonds is 7. The first kappa shape index (κ1) is 18.5. The van der Waals surface area contributed by atoms with Crippen LogP contribution in [0.2, 0.25) is 0 Å². The number of nitrogens with zero attached hydrogens (tertiary/aromatic N) is 2. The van der Waals surface area contributed by atoms with Gasteiger partial charge in [0.05, 0.1) is 10.6 Å². The molecule has 1 fully saturated rings. The van der Waals surface area contributed by atoms with Crippen LogP contribution in [0.3, 0.4) is 0 Å². The second-order valence-electron chi connectivity index (χ2n) is 6.71. The predicted octanol–water partition coefficient (Wildman–Crippen LogP) is 3.63. The van der Waals surface area contributed by atoms with Crippen LogP contribution < -0.4 is 10.9 Å². The van der Waals surface area contributed by atoms with Crippen molar-refractivity contribution in [2.75, 3.05) is 0 Å². The summed E-state index contributed by atoms with van der Waals surface area (Å²) in [4.78, 5) is 32.0. The second-order valence-corrected chi connectivity index (χ2v) is 9.22. The van der Waals surface area contributed by atoms with Gasteiger partial charge < -0.3 is 5.32 Å². The Hall–Kier alpha value is -1.34. The van der Waals surface area contributed by atoms with Gasteiger partial charge in [0.25, 0.3) is 5.56 Å². The number of aryl methyl sites for hydroxylation is 2. The number of thiophene rings is 1. The minimum absolute atomic E-state index is 0.0256. The van der Waals surface area contributed by atoms with E-state index in [0.29, 0.717) is 17.7 Å². The Balaban J connectivity index is 1.96. The lowest BCUT2D eigenvalue weighted by Gasteiger charge is -2.15. The van der Waals surface area contributed by atoms with E-state index in [9.17, 15) is 9.59 Å². The van der Waals surface area contributed by atoms with Crippen molar-refractivity contribution >= 4 is 39.2 Å². The van der Waals surface area contributed by atoms with Crippen molar-refractivity contribution in [2.24, 2.45) is 0 Å². The summed E-state index contributed by atoms with van der Waals surface area (Å²) in [6, 6.07) is 0.343. The molecule has 2 aromatic rings. The lowest BCUT2D eigenvalue weighted by molar-refractivity contribution is -0.120. The molecule has 2 heterocycles. The van der Waals surface area contributed by atoms with Crippen molar-refractivity contribution < 1.29 is 4.79 Å².